The summed E-state index contributed by atoms with van der Waals surface area (Å²) in [4.78, 5) is 25.6. The van der Waals surface area contributed by atoms with Crippen LogP contribution < -0.4 is 0 Å². The van der Waals surface area contributed by atoms with E-state index in [0.29, 0.717) is 12.5 Å². The molecule has 1 heterocycles. The average molecular weight is 366 g/mol. The normalized spacial score (nSPS) is 23.8. The van der Waals surface area contributed by atoms with Gasteiger partial charge in [-0.25, -0.2) is 8.42 Å². The Hall–Kier alpha value is -1.93. The van der Waals surface area contributed by atoms with E-state index in [1.54, 1.807) is 18.2 Å². The third kappa shape index (κ3) is 3.69. The van der Waals surface area contributed by atoms with Gasteiger partial charge in [0.25, 0.3) is 0 Å². The fourth-order valence-electron chi connectivity index (χ4n) is 3.44. The third-order valence-corrected chi connectivity index (χ3v) is 6.89. The van der Waals surface area contributed by atoms with Gasteiger partial charge in [0.1, 0.15) is 0 Å². The van der Waals surface area contributed by atoms with Crippen molar-refractivity contribution in [1.82, 2.24) is 9.21 Å². The first-order valence-electron chi connectivity index (χ1n) is 8.32. The summed E-state index contributed by atoms with van der Waals surface area (Å²) in [5, 5.41) is 9.38. The minimum Gasteiger partial charge on any atom is -0.481 e. The number of aliphatic carboxylic acids is 1. The Labute approximate surface area is 147 Å². The van der Waals surface area contributed by atoms with Gasteiger partial charge in [0, 0.05) is 20.1 Å². The molecule has 2 aliphatic rings. The maximum atomic E-state index is 12.5. The van der Waals surface area contributed by atoms with E-state index in [1.807, 2.05) is 0 Å². The van der Waals surface area contributed by atoms with E-state index in [1.165, 1.54) is 24.1 Å². The van der Waals surface area contributed by atoms with Crippen molar-refractivity contribution in [3.8, 4) is 0 Å². The predicted octanol–water partition coefficient (Wildman–Crippen LogP) is 0.876. The summed E-state index contributed by atoms with van der Waals surface area (Å²) in [6.45, 7) is 0.273. The maximum Gasteiger partial charge on any atom is 0.308 e. The van der Waals surface area contributed by atoms with Crippen LogP contribution in [0.25, 0.3) is 0 Å². The van der Waals surface area contributed by atoms with E-state index in [2.05, 4.69) is 0 Å². The minimum atomic E-state index is -3.74. The largest absolute Gasteiger partial charge is 0.481 e. The molecule has 136 valence electrons. The number of carbonyl (C=O) groups is 2. The number of likely N-dealkylation sites (N-methyl/N-ethyl adjacent to an activating group) is 1. The lowest BCUT2D eigenvalue weighted by Gasteiger charge is -2.21. The van der Waals surface area contributed by atoms with Crippen molar-refractivity contribution in [1.29, 1.82) is 0 Å². The topological polar surface area (TPSA) is 95.0 Å². The molecule has 1 saturated carbocycles. The molecule has 7 nitrogen and oxygen atoms in total. The van der Waals surface area contributed by atoms with E-state index in [9.17, 15) is 23.1 Å². The first-order valence-corrected chi connectivity index (χ1v) is 9.76. The zero-order chi connectivity index (χ0) is 18.2. The van der Waals surface area contributed by atoms with Crippen LogP contribution >= 0.6 is 0 Å². The van der Waals surface area contributed by atoms with Crippen LogP contribution in [0.15, 0.2) is 35.2 Å². The fourth-order valence-corrected chi connectivity index (χ4v) is 4.59. The second-order valence-electron chi connectivity index (χ2n) is 6.82. The average Bonchev–Trinajstić information content (AvgIpc) is 3.33. The number of carboxylic acids is 1. The van der Waals surface area contributed by atoms with Crippen LogP contribution in [0.4, 0.5) is 0 Å². The van der Waals surface area contributed by atoms with Crippen molar-refractivity contribution in [2.75, 3.05) is 26.7 Å². The number of carbonyl (C=O) groups excluding carboxylic acids is 1. The van der Waals surface area contributed by atoms with Crippen LogP contribution in [-0.4, -0.2) is 61.3 Å². The monoisotopic (exact) mass is 366 g/mol. The number of likely N-dealkylation sites (tertiary alicyclic amines) is 1. The summed E-state index contributed by atoms with van der Waals surface area (Å²) in [6.07, 6.45) is 2.03. The van der Waals surface area contributed by atoms with Crippen LogP contribution in [0.5, 0.6) is 0 Å². The van der Waals surface area contributed by atoms with Crippen molar-refractivity contribution < 1.29 is 23.1 Å². The second-order valence-corrected chi connectivity index (χ2v) is 8.86. The van der Waals surface area contributed by atoms with Gasteiger partial charge < -0.3 is 10.0 Å². The van der Waals surface area contributed by atoms with Crippen molar-refractivity contribution >= 4 is 21.9 Å². The minimum absolute atomic E-state index is 0.0162. The van der Waals surface area contributed by atoms with Gasteiger partial charge in [-0.2, -0.15) is 4.31 Å². The van der Waals surface area contributed by atoms with Gasteiger partial charge in [0.2, 0.25) is 15.9 Å². The second kappa shape index (κ2) is 6.76. The summed E-state index contributed by atoms with van der Waals surface area (Å²) >= 11 is 0. The van der Waals surface area contributed by atoms with Gasteiger partial charge in [-0.1, -0.05) is 18.2 Å². The predicted molar refractivity (Wildman–Crippen MR) is 90.2 cm³/mol. The molecule has 1 aliphatic heterocycles. The van der Waals surface area contributed by atoms with Crippen molar-refractivity contribution in [3.05, 3.63) is 30.3 Å². The standard InChI is InChI=1S/C17H22N2O5S/c1-18(25(23,24)13-5-3-2-4-6-13)11-16(20)19-9-14(12-7-8-12)15(10-19)17(21)22/h2-6,12,14-15H,7-11H2,1H3,(H,21,22)/t14-,15+/m1/s1. The summed E-state index contributed by atoms with van der Waals surface area (Å²) in [6, 6.07) is 7.94. The van der Waals surface area contributed by atoms with Crippen molar-refractivity contribution in [3.63, 3.8) is 0 Å². The lowest BCUT2D eigenvalue weighted by atomic mass is 9.92. The van der Waals surface area contributed by atoms with E-state index in [-0.39, 0.29) is 29.8 Å². The highest BCUT2D eigenvalue weighted by Gasteiger charge is 2.47. The van der Waals surface area contributed by atoms with Crippen LogP contribution in [0, 0.1) is 17.8 Å². The Morgan fingerprint density at radius 1 is 1.20 bits per heavy atom. The molecule has 2 fully saturated rings. The number of amides is 1. The van der Waals surface area contributed by atoms with Gasteiger partial charge in [-0.15, -0.1) is 0 Å². The molecule has 1 saturated heterocycles. The Morgan fingerprint density at radius 2 is 1.84 bits per heavy atom. The first-order chi connectivity index (χ1) is 11.8. The molecule has 8 heteroatoms. The molecule has 0 spiro atoms. The molecule has 0 aromatic heterocycles. The van der Waals surface area contributed by atoms with Gasteiger partial charge in [0.15, 0.2) is 0 Å². The molecule has 3 rings (SSSR count). The number of hydrogen-bond donors (Lipinski definition) is 1. The SMILES string of the molecule is CN(CC(=O)N1C[C@H](C(=O)O)[C@@H](C2CC2)C1)S(=O)(=O)c1ccccc1. The lowest BCUT2D eigenvalue weighted by Crippen LogP contribution is -2.40. The summed E-state index contributed by atoms with van der Waals surface area (Å²) in [5.74, 6) is -1.41. The lowest BCUT2D eigenvalue weighted by molar-refractivity contribution is -0.142. The molecule has 1 aromatic rings. The highest BCUT2D eigenvalue weighted by atomic mass is 32.2. The molecular formula is C17H22N2O5S. The number of sulfonamides is 1. The number of hydrogen-bond acceptors (Lipinski definition) is 4. The number of carboxylic acid groups (broad SMARTS) is 1. The molecule has 2 atom stereocenters. The Kier molecular flexibility index (Phi) is 4.83. The zero-order valence-electron chi connectivity index (χ0n) is 14.0. The van der Waals surface area contributed by atoms with Crippen molar-refractivity contribution in [2.45, 2.75) is 17.7 Å². The zero-order valence-corrected chi connectivity index (χ0v) is 14.9. The van der Waals surface area contributed by atoms with E-state index in [0.717, 1.165) is 17.1 Å². The quantitative estimate of drug-likeness (QED) is 0.806. The fraction of sp³-hybridized carbons (Fsp3) is 0.529. The molecule has 0 unspecified atom stereocenters. The van der Waals surface area contributed by atoms with Crippen LogP contribution in [0.1, 0.15) is 12.8 Å². The number of benzene rings is 1. The Morgan fingerprint density at radius 3 is 2.40 bits per heavy atom. The van der Waals surface area contributed by atoms with E-state index < -0.39 is 21.9 Å². The molecule has 0 bridgehead atoms. The summed E-state index contributed by atoms with van der Waals surface area (Å²) in [7, 11) is -2.38. The molecule has 25 heavy (non-hydrogen) atoms. The first kappa shape index (κ1) is 17.9. The summed E-state index contributed by atoms with van der Waals surface area (Å²) < 4.78 is 26.0. The third-order valence-electron chi connectivity index (χ3n) is 5.07. The van der Waals surface area contributed by atoms with Crippen LogP contribution in [0.2, 0.25) is 0 Å². The molecule has 1 N–H and O–H groups in total. The van der Waals surface area contributed by atoms with Crippen LogP contribution in [-0.2, 0) is 19.6 Å². The number of nitrogens with zero attached hydrogens (tertiary/aromatic N) is 2. The molecule has 1 amide bonds. The smallest absolute Gasteiger partial charge is 0.308 e. The highest BCUT2D eigenvalue weighted by Crippen LogP contribution is 2.44. The molecule has 1 aliphatic carbocycles. The molecule has 0 radical (unpaired) electrons. The van der Waals surface area contributed by atoms with E-state index in [4.69, 9.17) is 0 Å². The van der Waals surface area contributed by atoms with Gasteiger partial charge in [-0.05, 0) is 36.8 Å². The summed E-state index contributed by atoms with van der Waals surface area (Å²) in [5.41, 5.74) is 0. The van der Waals surface area contributed by atoms with E-state index >= 15 is 0 Å². The highest BCUT2D eigenvalue weighted by molar-refractivity contribution is 7.89. The molecular weight excluding hydrogens is 344 g/mol. The Bertz CT molecular complexity index is 761. The van der Waals surface area contributed by atoms with Crippen molar-refractivity contribution in [2.24, 2.45) is 17.8 Å². The molecule has 1 aromatic carbocycles. The van der Waals surface area contributed by atoms with Gasteiger partial charge in [0.05, 0.1) is 17.4 Å². The van der Waals surface area contributed by atoms with Gasteiger partial charge >= 0.3 is 5.97 Å². The Balaban J connectivity index is 1.67. The maximum absolute atomic E-state index is 12.5. The van der Waals surface area contributed by atoms with Gasteiger partial charge in [-0.3, -0.25) is 9.59 Å². The van der Waals surface area contributed by atoms with Crippen LogP contribution in [0.3, 0.4) is 0 Å². The number of rotatable bonds is 6.